The number of halogens is 1. The van der Waals surface area contributed by atoms with Gasteiger partial charge in [-0.2, -0.15) is 0 Å². The van der Waals surface area contributed by atoms with Gasteiger partial charge in [0.1, 0.15) is 0 Å². The van der Waals surface area contributed by atoms with E-state index in [4.69, 9.17) is 21.7 Å². The van der Waals surface area contributed by atoms with E-state index in [9.17, 15) is 4.79 Å². The molecule has 0 aliphatic rings. The molecule has 0 saturated carbocycles. The Balaban J connectivity index is 2.92. The number of nitrogens with zero attached hydrogens (tertiary/aromatic N) is 1. The van der Waals surface area contributed by atoms with Crippen LogP contribution >= 0.6 is 23.4 Å². The molecule has 1 aromatic rings. The highest BCUT2D eigenvalue weighted by Crippen LogP contribution is 2.22. The third kappa shape index (κ3) is 6.67. The second kappa shape index (κ2) is 8.01. The summed E-state index contributed by atoms with van der Waals surface area (Å²) in [6.45, 7) is 6.86. The SMILES string of the molecule is CSC(=NC[Si](C)(C)C)c1ccc(CCC(=O)O)c(Cl)c1. The molecule has 0 heterocycles. The maximum atomic E-state index is 10.6. The van der Waals surface area contributed by atoms with Gasteiger partial charge in [-0.3, -0.25) is 9.79 Å². The number of hydrogen-bond acceptors (Lipinski definition) is 3. The molecule has 1 aromatic carbocycles. The van der Waals surface area contributed by atoms with Gasteiger partial charge in [0.2, 0.25) is 0 Å². The quantitative estimate of drug-likeness (QED) is 0.474. The fourth-order valence-corrected chi connectivity index (χ4v) is 3.29. The zero-order chi connectivity index (χ0) is 16.0. The first-order valence-electron chi connectivity index (χ1n) is 6.82. The molecule has 0 bridgehead atoms. The Hall–Kier alpha value is -0.783. The lowest BCUT2D eigenvalue weighted by atomic mass is 10.1. The summed E-state index contributed by atoms with van der Waals surface area (Å²) < 4.78 is 0. The molecule has 0 fully saturated rings. The summed E-state index contributed by atoms with van der Waals surface area (Å²) in [5.74, 6) is -0.809. The number of thioether (sulfide) groups is 1. The molecule has 0 unspecified atom stereocenters. The first-order valence-corrected chi connectivity index (χ1v) is 12.1. The van der Waals surface area contributed by atoms with E-state index in [1.165, 1.54) is 0 Å². The smallest absolute Gasteiger partial charge is 0.303 e. The van der Waals surface area contributed by atoms with Crippen molar-refractivity contribution in [3.63, 3.8) is 0 Å². The Labute approximate surface area is 136 Å². The van der Waals surface area contributed by atoms with Gasteiger partial charge in [-0.25, -0.2) is 0 Å². The van der Waals surface area contributed by atoms with Gasteiger partial charge in [0.15, 0.2) is 0 Å². The fraction of sp³-hybridized carbons (Fsp3) is 0.467. The third-order valence-corrected chi connectivity index (χ3v) is 5.01. The second-order valence-electron chi connectivity index (χ2n) is 6.09. The second-order valence-corrected chi connectivity index (χ2v) is 12.7. The zero-order valence-electron chi connectivity index (χ0n) is 12.9. The molecule has 1 rings (SSSR count). The van der Waals surface area contributed by atoms with E-state index in [0.29, 0.717) is 11.4 Å². The molecule has 1 N–H and O–H groups in total. The number of aryl methyl sites for hydroxylation is 1. The average molecular weight is 344 g/mol. The number of carboxylic acid groups (broad SMARTS) is 1. The summed E-state index contributed by atoms with van der Waals surface area (Å²) in [5.41, 5.74) is 1.87. The van der Waals surface area contributed by atoms with Gasteiger partial charge in [-0.15, -0.1) is 11.8 Å². The van der Waals surface area contributed by atoms with Crippen LogP contribution in [0.4, 0.5) is 0 Å². The Morgan fingerprint density at radius 3 is 2.52 bits per heavy atom. The minimum Gasteiger partial charge on any atom is -0.481 e. The van der Waals surface area contributed by atoms with Crippen LogP contribution in [-0.2, 0) is 11.2 Å². The van der Waals surface area contributed by atoms with Crippen molar-refractivity contribution in [2.45, 2.75) is 32.5 Å². The molecule has 116 valence electrons. The lowest BCUT2D eigenvalue weighted by Gasteiger charge is -2.14. The molecule has 0 spiro atoms. The Bertz CT molecular complexity index is 541. The summed E-state index contributed by atoms with van der Waals surface area (Å²) in [5, 5.41) is 10.3. The first kappa shape index (κ1) is 18.3. The van der Waals surface area contributed by atoms with Gasteiger partial charge in [-0.05, 0) is 24.3 Å². The summed E-state index contributed by atoms with van der Waals surface area (Å²) in [7, 11) is -1.22. The molecule has 0 saturated heterocycles. The molecule has 21 heavy (non-hydrogen) atoms. The predicted octanol–water partition coefficient (Wildman–Crippen LogP) is 4.34. The summed E-state index contributed by atoms with van der Waals surface area (Å²) in [4.78, 5) is 15.3. The predicted molar refractivity (Wildman–Crippen MR) is 95.7 cm³/mol. The van der Waals surface area contributed by atoms with Crippen molar-refractivity contribution in [2.24, 2.45) is 4.99 Å². The zero-order valence-corrected chi connectivity index (χ0v) is 15.5. The van der Waals surface area contributed by atoms with E-state index >= 15 is 0 Å². The standard InChI is InChI=1S/C15H22ClNO2SSi/c1-20-15(17-10-21(2,3)4)12-6-5-11(13(16)9-12)7-8-14(18)19/h5-6,9H,7-8,10H2,1-4H3,(H,18,19). The molecule has 0 radical (unpaired) electrons. The topological polar surface area (TPSA) is 49.7 Å². The van der Waals surface area contributed by atoms with Crippen molar-refractivity contribution in [3.8, 4) is 0 Å². The number of hydrogen-bond donors (Lipinski definition) is 1. The monoisotopic (exact) mass is 343 g/mol. The first-order chi connectivity index (χ1) is 9.73. The molecular weight excluding hydrogens is 322 g/mol. The van der Waals surface area contributed by atoms with Crippen LogP contribution in [0.2, 0.25) is 24.7 Å². The number of aliphatic imine (C=N–C) groups is 1. The van der Waals surface area contributed by atoms with Gasteiger partial charge in [0.05, 0.1) is 13.1 Å². The van der Waals surface area contributed by atoms with Crippen molar-refractivity contribution in [2.75, 3.05) is 12.4 Å². The van der Waals surface area contributed by atoms with E-state index in [2.05, 4.69) is 19.6 Å². The van der Waals surface area contributed by atoms with Crippen LogP contribution in [-0.4, -0.2) is 36.6 Å². The van der Waals surface area contributed by atoms with Crippen molar-refractivity contribution in [1.29, 1.82) is 0 Å². The molecule has 0 aliphatic carbocycles. The van der Waals surface area contributed by atoms with Crippen LogP contribution in [0.1, 0.15) is 17.5 Å². The van der Waals surface area contributed by atoms with E-state index in [0.717, 1.165) is 22.3 Å². The van der Waals surface area contributed by atoms with Gasteiger partial charge in [0.25, 0.3) is 0 Å². The van der Waals surface area contributed by atoms with E-state index in [-0.39, 0.29) is 6.42 Å². The van der Waals surface area contributed by atoms with Crippen molar-refractivity contribution in [3.05, 3.63) is 34.3 Å². The highest BCUT2D eigenvalue weighted by Gasteiger charge is 2.13. The molecular formula is C15H22ClNO2SSi. The van der Waals surface area contributed by atoms with Crippen LogP contribution in [0.25, 0.3) is 0 Å². The minimum absolute atomic E-state index is 0.0954. The maximum absolute atomic E-state index is 10.6. The van der Waals surface area contributed by atoms with Gasteiger partial charge >= 0.3 is 5.97 Å². The van der Waals surface area contributed by atoms with E-state index < -0.39 is 14.0 Å². The minimum atomic E-state index is -1.22. The molecule has 3 nitrogen and oxygen atoms in total. The summed E-state index contributed by atoms with van der Waals surface area (Å²) >= 11 is 7.87. The molecule has 0 amide bonds. The molecule has 0 aromatic heterocycles. The molecule has 0 aliphatic heterocycles. The van der Waals surface area contributed by atoms with Crippen LogP contribution in [0, 0.1) is 0 Å². The number of carbonyl (C=O) groups is 1. The van der Waals surface area contributed by atoms with E-state index in [1.54, 1.807) is 11.8 Å². The number of aliphatic carboxylic acids is 1. The lowest BCUT2D eigenvalue weighted by molar-refractivity contribution is -0.136. The largest absolute Gasteiger partial charge is 0.481 e. The molecule has 0 atom stereocenters. The summed E-state index contributed by atoms with van der Waals surface area (Å²) in [6.07, 6.45) is 3.45. The normalized spacial score (nSPS) is 12.5. The van der Waals surface area contributed by atoms with Crippen molar-refractivity contribution in [1.82, 2.24) is 0 Å². The summed E-state index contributed by atoms with van der Waals surface area (Å²) in [6, 6.07) is 5.77. The average Bonchev–Trinajstić information content (AvgIpc) is 2.37. The van der Waals surface area contributed by atoms with Crippen molar-refractivity contribution < 1.29 is 9.90 Å². The number of carboxylic acids is 1. The number of rotatable bonds is 6. The lowest BCUT2D eigenvalue weighted by Crippen LogP contribution is -2.25. The van der Waals surface area contributed by atoms with Gasteiger partial charge in [-0.1, -0.05) is 43.4 Å². The Kier molecular flexibility index (Phi) is 6.97. The van der Waals surface area contributed by atoms with Gasteiger partial charge in [0, 0.05) is 23.2 Å². The molecule has 6 heteroatoms. The van der Waals surface area contributed by atoms with Crippen LogP contribution in [0.15, 0.2) is 23.2 Å². The Morgan fingerprint density at radius 2 is 2.05 bits per heavy atom. The highest BCUT2D eigenvalue weighted by atomic mass is 35.5. The highest BCUT2D eigenvalue weighted by molar-refractivity contribution is 8.13. The van der Waals surface area contributed by atoms with Crippen LogP contribution in [0.3, 0.4) is 0 Å². The Morgan fingerprint density at radius 1 is 1.38 bits per heavy atom. The third-order valence-electron chi connectivity index (χ3n) is 2.80. The van der Waals surface area contributed by atoms with E-state index in [1.807, 2.05) is 24.5 Å². The van der Waals surface area contributed by atoms with Gasteiger partial charge < -0.3 is 5.11 Å². The van der Waals surface area contributed by atoms with Crippen LogP contribution < -0.4 is 0 Å². The fourth-order valence-electron chi connectivity index (χ4n) is 1.71. The van der Waals surface area contributed by atoms with Crippen LogP contribution in [0.5, 0.6) is 0 Å². The maximum Gasteiger partial charge on any atom is 0.303 e. The van der Waals surface area contributed by atoms with Crippen molar-refractivity contribution >= 4 is 42.4 Å². The number of benzene rings is 1.